The molecule has 0 saturated carbocycles. The van der Waals surface area contributed by atoms with Crippen LogP contribution in [0.1, 0.15) is 5.82 Å². The second-order valence-electron chi connectivity index (χ2n) is 1.43. The molecule has 0 atom stereocenters. The summed E-state index contributed by atoms with van der Waals surface area (Å²) in [4.78, 5) is 7.85. The van der Waals surface area contributed by atoms with Crippen LogP contribution in [0.15, 0.2) is 16.9 Å². The van der Waals surface area contributed by atoms with Gasteiger partial charge < -0.3 is 0 Å². The number of halogens is 2. The summed E-state index contributed by atoms with van der Waals surface area (Å²) in [6, 6.07) is 1.76. The molecule has 0 aromatic carbocycles. The lowest BCUT2D eigenvalue weighted by molar-refractivity contribution is 1.01. The first-order valence-electron chi connectivity index (χ1n) is 2.36. The first-order valence-corrected chi connectivity index (χ1v) is 3.69. The van der Waals surface area contributed by atoms with E-state index in [-0.39, 0.29) is 0 Å². The van der Waals surface area contributed by atoms with Crippen molar-refractivity contribution in [2.45, 2.75) is 5.88 Å². The minimum Gasteiger partial charge on any atom is -0.240 e. The maximum absolute atomic E-state index is 5.45. The second kappa shape index (κ2) is 3.13. The van der Waals surface area contributed by atoms with Gasteiger partial charge in [0.15, 0.2) is 0 Å². The van der Waals surface area contributed by atoms with E-state index in [0.29, 0.717) is 11.7 Å². The van der Waals surface area contributed by atoms with E-state index >= 15 is 0 Å². The Balaban J connectivity index is 2.94. The SMILES string of the molecule is ClCc1nccc(Br)n1. The van der Waals surface area contributed by atoms with E-state index in [0.717, 1.165) is 4.60 Å². The number of hydrogen-bond acceptors (Lipinski definition) is 2. The highest BCUT2D eigenvalue weighted by atomic mass is 79.9. The minimum atomic E-state index is 0.361. The molecule has 0 spiro atoms. The molecule has 0 amide bonds. The molecule has 0 unspecified atom stereocenters. The Morgan fingerprint density at radius 2 is 2.44 bits per heavy atom. The van der Waals surface area contributed by atoms with E-state index in [4.69, 9.17) is 11.6 Å². The van der Waals surface area contributed by atoms with E-state index in [1.165, 1.54) is 0 Å². The third kappa shape index (κ3) is 1.91. The summed E-state index contributed by atoms with van der Waals surface area (Å²) in [6.45, 7) is 0. The fourth-order valence-corrected chi connectivity index (χ4v) is 0.890. The van der Waals surface area contributed by atoms with Gasteiger partial charge >= 0.3 is 0 Å². The van der Waals surface area contributed by atoms with Gasteiger partial charge in [-0.05, 0) is 22.0 Å². The van der Waals surface area contributed by atoms with Crippen LogP contribution in [0.2, 0.25) is 0 Å². The molecule has 2 nitrogen and oxygen atoms in total. The third-order valence-electron chi connectivity index (χ3n) is 0.791. The first-order chi connectivity index (χ1) is 4.33. The Kier molecular flexibility index (Phi) is 2.42. The molecule has 9 heavy (non-hydrogen) atoms. The van der Waals surface area contributed by atoms with E-state index in [1.807, 2.05) is 0 Å². The molecule has 0 radical (unpaired) electrons. The molecule has 0 aliphatic carbocycles. The molecule has 1 heterocycles. The lowest BCUT2D eigenvalue weighted by atomic mass is 10.6. The third-order valence-corrected chi connectivity index (χ3v) is 1.47. The maximum Gasteiger partial charge on any atom is 0.144 e. The lowest BCUT2D eigenvalue weighted by Gasteiger charge is -1.91. The van der Waals surface area contributed by atoms with Crippen molar-refractivity contribution in [1.82, 2.24) is 9.97 Å². The molecule has 0 fully saturated rings. The minimum absolute atomic E-state index is 0.361. The number of rotatable bonds is 1. The van der Waals surface area contributed by atoms with Crippen LogP contribution in [0.4, 0.5) is 0 Å². The van der Waals surface area contributed by atoms with Crippen LogP contribution in [-0.2, 0) is 5.88 Å². The van der Waals surface area contributed by atoms with Crippen molar-refractivity contribution in [3.05, 3.63) is 22.7 Å². The summed E-state index contributed by atoms with van der Waals surface area (Å²) in [5.41, 5.74) is 0. The van der Waals surface area contributed by atoms with Gasteiger partial charge in [0.1, 0.15) is 10.4 Å². The summed E-state index contributed by atoms with van der Waals surface area (Å²) in [7, 11) is 0. The number of hydrogen-bond donors (Lipinski definition) is 0. The predicted octanol–water partition coefficient (Wildman–Crippen LogP) is 1.98. The topological polar surface area (TPSA) is 25.8 Å². The van der Waals surface area contributed by atoms with Crippen molar-refractivity contribution >= 4 is 27.5 Å². The van der Waals surface area contributed by atoms with Crippen LogP contribution < -0.4 is 0 Å². The zero-order valence-electron chi connectivity index (χ0n) is 4.51. The molecule has 4 heteroatoms. The standard InChI is InChI=1S/C5H4BrClN2/c6-4-1-2-8-5(3-7)9-4/h1-2H,3H2. The van der Waals surface area contributed by atoms with Crippen molar-refractivity contribution in [3.63, 3.8) is 0 Å². The van der Waals surface area contributed by atoms with Crippen LogP contribution in [0.5, 0.6) is 0 Å². The van der Waals surface area contributed by atoms with Gasteiger partial charge in [0, 0.05) is 6.20 Å². The van der Waals surface area contributed by atoms with E-state index in [1.54, 1.807) is 12.3 Å². The van der Waals surface area contributed by atoms with E-state index < -0.39 is 0 Å². The molecular weight excluding hydrogens is 203 g/mol. The van der Waals surface area contributed by atoms with Crippen molar-refractivity contribution in [3.8, 4) is 0 Å². The smallest absolute Gasteiger partial charge is 0.144 e. The van der Waals surface area contributed by atoms with Gasteiger partial charge in [0.25, 0.3) is 0 Å². The number of nitrogens with zero attached hydrogens (tertiary/aromatic N) is 2. The molecular formula is C5H4BrClN2. The average Bonchev–Trinajstić information content (AvgIpc) is 1.88. The largest absolute Gasteiger partial charge is 0.240 e. The second-order valence-corrected chi connectivity index (χ2v) is 2.51. The van der Waals surface area contributed by atoms with Crippen LogP contribution >= 0.6 is 27.5 Å². The Labute approximate surface area is 66.4 Å². The van der Waals surface area contributed by atoms with Gasteiger partial charge in [0.05, 0.1) is 5.88 Å². The molecule has 0 N–H and O–H groups in total. The molecule has 1 aromatic heterocycles. The summed E-state index contributed by atoms with van der Waals surface area (Å²) in [5, 5.41) is 0. The fraction of sp³-hybridized carbons (Fsp3) is 0.200. The summed E-state index contributed by atoms with van der Waals surface area (Å²) < 4.78 is 0.771. The fourth-order valence-electron chi connectivity index (χ4n) is 0.439. The number of alkyl halides is 1. The van der Waals surface area contributed by atoms with Gasteiger partial charge in [-0.3, -0.25) is 0 Å². The molecule has 0 aliphatic heterocycles. The van der Waals surface area contributed by atoms with Gasteiger partial charge in [-0.2, -0.15) is 0 Å². The molecule has 1 rings (SSSR count). The van der Waals surface area contributed by atoms with Gasteiger partial charge in [-0.25, -0.2) is 9.97 Å². The van der Waals surface area contributed by atoms with Gasteiger partial charge in [0.2, 0.25) is 0 Å². The van der Waals surface area contributed by atoms with Crippen LogP contribution in [0.25, 0.3) is 0 Å². The zero-order chi connectivity index (χ0) is 6.69. The van der Waals surface area contributed by atoms with Crippen LogP contribution in [-0.4, -0.2) is 9.97 Å². The van der Waals surface area contributed by atoms with Crippen molar-refractivity contribution in [2.24, 2.45) is 0 Å². The Morgan fingerprint density at radius 3 is 2.89 bits per heavy atom. The Bertz CT molecular complexity index is 204. The quantitative estimate of drug-likeness (QED) is 0.520. The molecule has 48 valence electrons. The normalized spacial score (nSPS) is 9.56. The van der Waals surface area contributed by atoms with Crippen LogP contribution in [0.3, 0.4) is 0 Å². The highest BCUT2D eigenvalue weighted by molar-refractivity contribution is 9.10. The van der Waals surface area contributed by atoms with Gasteiger partial charge in [-0.15, -0.1) is 11.6 Å². The molecule has 1 aromatic rings. The highest BCUT2D eigenvalue weighted by Gasteiger charge is 1.91. The first kappa shape index (κ1) is 6.96. The van der Waals surface area contributed by atoms with Crippen molar-refractivity contribution < 1.29 is 0 Å². The lowest BCUT2D eigenvalue weighted by Crippen LogP contribution is -1.88. The zero-order valence-corrected chi connectivity index (χ0v) is 6.85. The van der Waals surface area contributed by atoms with E-state index in [9.17, 15) is 0 Å². The molecule has 0 aliphatic rings. The highest BCUT2D eigenvalue weighted by Crippen LogP contribution is 2.04. The van der Waals surface area contributed by atoms with E-state index in [2.05, 4.69) is 25.9 Å². The summed E-state index contributed by atoms with van der Waals surface area (Å²) >= 11 is 8.65. The summed E-state index contributed by atoms with van der Waals surface area (Å²) in [5.74, 6) is 1.01. The van der Waals surface area contributed by atoms with Crippen molar-refractivity contribution in [2.75, 3.05) is 0 Å². The Morgan fingerprint density at radius 1 is 1.67 bits per heavy atom. The average molecular weight is 207 g/mol. The molecule has 0 bridgehead atoms. The maximum atomic E-state index is 5.45. The van der Waals surface area contributed by atoms with Gasteiger partial charge in [-0.1, -0.05) is 0 Å². The predicted molar refractivity (Wildman–Crippen MR) is 39.3 cm³/mol. The summed E-state index contributed by atoms with van der Waals surface area (Å²) in [6.07, 6.45) is 1.66. The van der Waals surface area contributed by atoms with Crippen molar-refractivity contribution in [1.29, 1.82) is 0 Å². The Hall–Kier alpha value is -0.150. The van der Waals surface area contributed by atoms with Crippen LogP contribution in [0, 0.1) is 0 Å². The monoisotopic (exact) mass is 206 g/mol. The molecule has 0 saturated heterocycles. The number of aromatic nitrogens is 2.